The molecule has 0 bridgehead atoms. The quantitative estimate of drug-likeness (QED) is 0.0464. The fraction of sp³-hybridized carbons (Fsp3) is 0.188. The summed E-state index contributed by atoms with van der Waals surface area (Å²) in [5.41, 5.74) is 6.75. The van der Waals surface area contributed by atoms with Crippen molar-refractivity contribution in [2.45, 2.75) is 26.3 Å². The van der Waals surface area contributed by atoms with Crippen LogP contribution in [0.4, 0.5) is 0 Å². The van der Waals surface area contributed by atoms with Crippen LogP contribution in [0.3, 0.4) is 0 Å². The number of fused-ring (bicyclic) bond motifs is 2. The predicted octanol–water partition coefficient (Wildman–Crippen LogP) is 11.1. The van der Waals surface area contributed by atoms with E-state index < -0.39 is 0 Å². The number of aromatic nitrogens is 6. The van der Waals surface area contributed by atoms with Crippen molar-refractivity contribution in [3.05, 3.63) is 214 Å². The van der Waals surface area contributed by atoms with Crippen LogP contribution >= 0.6 is 0 Å². The summed E-state index contributed by atoms with van der Waals surface area (Å²) in [7, 11) is 3.21. The van der Waals surface area contributed by atoms with Gasteiger partial charge in [0.1, 0.15) is 72.0 Å². The summed E-state index contributed by atoms with van der Waals surface area (Å²) in [4.78, 5) is 27.3. The van der Waals surface area contributed by atoms with Crippen molar-refractivity contribution in [3.63, 3.8) is 0 Å². The Kier molecular flexibility index (Phi) is 17.0. The Morgan fingerprint density at radius 3 is 1.26 bits per heavy atom. The van der Waals surface area contributed by atoms with Crippen LogP contribution in [0.2, 0.25) is 0 Å². The van der Waals surface area contributed by atoms with Gasteiger partial charge in [0.2, 0.25) is 22.4 Å². The van der Waals surface area contributed by atoms with Crippen molar-refractivity contribution >= 4 is 21.9 Å². The molecule has 0 aliphatic rings. The van der Waals surface area contributed by atoms with E-state index in [0.717, 1.165) is 33.6 Å². The molecule has 4 heterocycles. The molecule has 4 aromatic heterocycles. The summed E-state index contributed by atoms with van der Waals surface area (Å²) in [6.07, 6.45) is 3.76. The van der Waals surface area contributed by atoms with Gasteiger partial charge in [-0.05, 0) is 108 Å². The van der Waals surface area contributed by atoms with E-state index in [4.69, 9.17) is 46.7 Å². The fourth-order valence-electron chi connectivity index (χ4n) is 8.98. The van der Waals surface area contributed by atoms with Gasteiger partial charge < -0.3 is 46.7 Å². The average molecular weight is 1100 g/mol. The van der Waals surface area contributed by atoms with Crippen LogP contribution in [0.25, 0.3) is 67.1 Å². The third-order valence-corrected chi connectivity index (χ3v) is 13.3. The molecule has 0 unspecified atom stereocenters. The van der Waals surface area contributed by atoms with Crippen LogP contribution in [-0.2, 0) is 35.8 Å². The number of para-hydroxylation sites is 2. The van der Waals surface area contributed by atoms with Crippen LogP contribution in [0.15, 0.2) is 201 Å². The first-order chi connectivity index (χ1) is 40.3. The zero-order valence-electron chi connectivity index (χ0n) is 45.0. The Morgan fingerprint density at radius 1 is 0.415 bits per heavy atom. The lowest BCUT2D eigenvalue weighted by Crippen LogP contribution is -2.12. The highest BCUT2D eigenvalue weighted by molar-refractivity contribution is 5.83. The first-order valence-corrected chi connectivity index (χ1v) is 26.5. The zero-order valence-corrected chi connectivity index (χ0v) is 45.0. The van der Waals surface area contributed by atoms with Crippen LogP contribution < -0.4 is 39.3 Å². The highest BCUT2D eigenvalue weighted by Crippen LogP contribution is 2.35. The molecule has 18 heteroatoms. The Bertz CT molecular complexity index is 3780. The van der Waals surface area contributed by atoms with Crippen LogP contribution in [0.1, 0.15) is 11.1 Å². The first kappa shape index (κ1) is 53.9. The topological polar surface area (TPSA) is 196 Å². The first-order valence-electron chi connectivity index (χ1n) is 26.5. The molecule has 0 radical (unpaired) electrons. The maximum Gasteiger partial charge on any atom is 0.235 e. The van der Waals surface area contributed by atoms with Crippen molar-refractivity contribution < 1.29 is 46.7 Å². The zero-order chi connectivity index (χ0) is 56.0. The molecular formula is C64H56N6O12. The molecule has 18 nitrogen and oxygen atoms in total. The molecule has 0 fully saturated rings. The lowest BCUT2D eigenvalue weighted by molar-refractivity contribution is 0.0923. The molecule has 7 aromatic carbocycles. The van der Waals surface area contributed by atoms with Gasteiger partial charge in [-0.15, -0.1) is 10.2 Å². The minimum absolute atomic E-state index is 0.128. The number of ether oxygens (including phenoxy) is 8. The van der Waals surface area contributed by atoms with E-state index in [0.29, 0.717) is 120 Å². The summed E-state index contributed by atoms with van der Waals surface area (Å²) in [5.74, 6) is 3.59. The molecule has 0 saturated heterocycles. The highest BCUT2D eigenvalue weighted by Gasteiger charge is 2.20. The van der Waals surface area contributed by atoms with Crippen molar-refractivity contribution in [3.8, 4) is 79.7 Å². The van der Waals surface area contributed by atoms with Crippen molar-refractivity contribution in [1.82, 2.24) is 30.0 Å². The minimum Gasteiger partial charge on any atom is -0.497 e. The lowest BCUT2D eigenvalue weighted by atomic mass is 10.1. The normalized spacial score (nSPS) is 11.2. The highest BCUT2D eigenvalue weighted by atomic mass is 16.5. The average Bonchev–Trinajstić information content (AvgIpc) is 4.36. The van der Waals surface area contributed by atoms with Gasteiger partial charge in [-0.25, -0.2) is 9.36 Å². The summed E-state index contributed by atoms with van der Waals surface area (Å²) in [6, 6.07) is 51.7. The molecule has 0 amide bonds. The molecule has 0 N–H and O–H groups in total. The number of methoxy groups -OCH3 is 2. The monoisotopic (exact) mass is 1100 g/mol. The third-order valence-electron chi connectivity index (χ3n) is 13.3. The standard InChI is InChI=1S/C64H56N6O12/c1-73-51-11-7-9-43(37-51)41-79-63-59(71)53-13-3-5-15-57(53)81-61(63)47-21-25-49(26-22-47)77-35-33-75-31-29-69-39-55(65-67-69)45-17-19-46(20-18-45)56-40-70(68-66-56)30-32-76-34-36-78-50-27-23-48(24-28-50)62-64(60(72)54-14-4-6-16-58(54)82-62)80-42-44-10-8-12-52(38-44)74-2/h3-28,37-40H,29-36,41-42H2,1-2H3. The summed E-state index contributed by atoms with van der Waals surface area (Å²) >= 11 is 0. The van der Waals surface area contributed by atoms with E-state index in [2.05, 4.69) is 20.6 Å². The number of hydrogen-bond donors (Lipinski definition) is 0. The smallest absolute Gasteiger partial charge is 0.235 e. The molecule has 414 valence electrons. The Labute approximate surface area is 470 Å². The van der Waals surface area contributed by atoms with Crippen molar-refractivity contribution in [2.75, 3.05) is 53.9 Å². The van der Waals surface area contributed by atoms with Crippen molar-refractivity contribution in [2.24, 2.45) is 0 Å². The maximum atomic E-state index is 13.6. The van der Waals surface area contributed by atoms with Gasteiger partial charge in [0.25, 0.3) is 0 Å². The summed E-state index contributed by atoms with van der Waals surface area (Å²) in [5, 5.41) is 18.2. The number of hydrogen-bond acceptors (Lipinski definition) is 16. The van der Waals surface area contributed by atoms with Gasteiger partial charge in [-0.3, -0.25) is 9.59 Å². The van der Waals surface area contributed by atoms with Crippen LogP contribution in [0.5, 0.6) is 34.5 Å². The molecule has 0 saturated carbocycles. The molecular weight excluding hydrogens is 1040 g/mol. The minimum atomic E-state index is -0.253. The van der Waals surface area contributed by atoms with Gasteiger partial charge in [-0.1, -0.05) is 83.2 Å². The van der Waals surface area contributed by atoms with E-state index in [1.54, 1.807) is 60.0 Å². The van der Waals surface area contributed by atoms with Crippen molar-refractivity contribution in [1.29, 1.82) is 0 Å². The van der Waals surface area contributed by atoms with Gasteiger partial charge in [0.05, 0.1) is 76.9 Å². The number of rotatable bonds is 26. The summed E-state index contributed by atoms with van der Waals surface area (Å²) in [6.45, 7) is 3.53. The number of benzene rings is 7. The predicted molar refractivity (Wildman–Crippen MR) is 308 cm³/mol. The summed E-state index contributed by atoms with van der Waals surface area (Å²) < 4.78 is 62.6. The second-order valence-electron chi connectivity index (χ2n) is 18.7. The second kappa shape index (κ2) is 25.8. The molecule has 82 heavy (non-hydrogen) atoms. The van der Waals surface area contributed by atoms with E-state index in [9.17, 15) is 9.59 Å². The molecule has 11 rings (SSSR count). The largest absolute Gasteiger partial charge is 0.497 e. The lowest BCUT2D eigenvalue weighted by Gasteiger charge is -2.13. The molecule has 11 aromatic rings. The fourth-order valence-corrected chi connectivity index (χ4v) is 8.98. The Balaban J connectivity index is 0.594. The van der Waals surface area contributed by atoms with Crippen LogP contribution in [-0.4, -0.2) is 83.8 Å². The molecule has 0 aliphatic heterocycles. The van der Waals surface area contributed by atoms with E-state index in [1.165, 1.54) is 0 Å². The molecule has 0 aliphatic carbocycles. The maximum absolute atomic E-state index is 13.6. The van der Waals surface area contributed by atoms with E-state index >= 15 is 0 Å². The van der Waals surface area contributed by atoms with Gasteiger partial charge in [0.15, 0.2) is 11.5 Å². The number of nitrogens with zero attached hydrogens (tertiary/aromatic N) is 6. The second-order valence-corrected chi connectivity index (χ2v) is 18.7. The third kappa shape index (κ3) is 13.0. The van der Waals surface area contributed by atoms with Gasteiger partial charge in [0, 0.05) is 22.3 Å². The Morgan fingerprint density at radius 2 is 0.829 bits per heavy atom. The Hall–Kier alpha value is -10.0. The molecule has 0 atom stereocenters. The van der Waals surface area contributed by atoms with Gasteiger partial charge >= 0.3 is 0 Å². The van der Waals surface area contributed by atoms with Crippen LogP contribution in [0, 0.1) is 0 Å². The van der Waals surface area contributed by atoms with Gasteiger partial charge in [-0.2, -0.15) is 0 Å². The SMILES string of the molecule is COc1cccc(COc2c(-c3ccc(OCCOCCn4cc(-c5ccc(-c6cn(CCOCCOc7ccc(-c8oc9ccccc9c(=O)c8OCc8cccc(OC)c8)cc7)nn6)cc5)nn4)cc3)oc3ccccc3c2=O)c1. The molecule has 0 spiro atoms. The van der Waals surface area contributed by atoms with E-state index in [-0.39, 0.29) is 35.6 Å². The van der Waals surface area contributed by atoms with E-state index in [1.807, 2.05) is 146 Å².